The second kappa shape index (κ2) is 5.70. The van der Waals surface area contributed by atoms with Crippen molar-refractivity contribution in [3.63, 3.8) is 0 Å². The molecule has 0 bridgehead atoms. The third-order valence-corrected chi connectivity index (χ3v) is 3.68. The molecule has 1 rings (SSSR count). The largest absolute Gasteiger partial charge is 0.397 e. The summed E-state index contributed by atoms with van der Waals surface area (Å²) in [4.78, 5) is 0.190. The van der Waals surface area contributed by atoms with Gasteiger partial charge in [-0.25, -0.2) is 13.1 Å². The minimum absolute atomic E-state index is 0.190. The van der Waals surface area contributed by atoms with E-state index in [0.717, 1.165) is 6.42 Å². The van der Waals surface area contributed by atoms with Gasteiger partial charge >= 0.3 is 0 Å². The molecular formula is C11H17N3O2S. The summed E-state index contributed by atoms with van der Waals surface area (Å²) < 4.78 is 25.5. The van der Waals surface area contributed by atoms with E-state index in [2.05, 4.69) is 16.6 Å². The third-order valence-electron chi connectivity index (χ3n) is 2.27. The van der Waals surface area contributed by atoms with Gasteiger partial charge in [0.25, 0.3) is 0 Å². The lowest BCUT2D eigenvalue weighted by Gasteiger charge is -2.10. The molecule has 0 aromatic heterocycles. The van der Waals surface area contributed by atoms with E-state index in [9.17, 15) is 8.42 Å². The molecule has 0 spiro atoms. The summed E-state index contributed by atoms with van der Waals surface area (Å²) in [5.74, 6) is 0. The first-order chi connectivity index (χ1) is 8.01. The highest BCUT2D eigenvalue weighted by molar-refractivity contribution is 7.89. The summed E-state index contributed by atoms with van der Waals surface area (Å²) in [5, 5.41) is 3.06. The van der Waals surface area contributed by atoms with Crippen molar-refractivity contribution >= 4 is 21.4 Å². The summed E-state index contributed by atoms with van der Waals surface area (Å²) in [6, 6.07) is 4.56. The number of benzene rings is 1. The number of sulfonamides is 1. The molecule has 0 aliphatic carbocycles. The van der Waals surface area contributed by atoms with Crippen LogP contribution in [0.5, 0.6) is 0 Å². The number of nitrogens with two attached hydrogens (primary N) is 1. The molecule has 0 fully saturated rings. The average Bonchev–Trinajstić information content (AvgIpc) is 2.31. The lowest BCUT2D eigenvalue weighted by atomic mass is 10.2. The van der Waals surface area contributed by atoms with Crippen molar-refractivity contribution in [2.24, 2.45) is 0 Å². The second-order valence-electron chi connectivity index (χ2n) is 3.46. The minimum Gasteiger partial charge on any atom is -0.397 e. The van der Waals surface area contributed by atoms with Gasteiger partial charge in [0.05, 0.1) is 16.3 Å². The summed E-state index contributed by atoms with van der Waals surface area (Å²) in [6.07, 6.45) is 2.56. The van der Waals surface area contributed by atoms with Gasteiger partial charge < -0.3 is 11.1 Å². The molecular weight excluding hydrogens is 238 g/mol. The van der Waals surface area contributed by atoms with Gasteiger partial charge in [-0.15, -0.1) is 6.58 Å². The fraction of sp³-hybridized carbons (Fsp3) is 0.273. The van der Waals surface area contributed by atoms with E-state index in [1.54, 1.807) is 12.1 Å². The predicted molar refractivity (Wildman–Crippen MR) is 70.4 cm³/mol. The Morgan fingerprint density at radius 3 is 2.76 bits per heavy atom. The van der Waals surface area contributed by atoms with Gasteiger partial charge in [0.1, 0.15) is 0 Å². The second-order valence-corrected chi connectivity index (χ2v) is 5.35. The standard InChI is InChI=1S/C11H17N3O2S/c1-3-4-7-14-11-8-9(5-6-10(11)12)17(15,16)13-2/h3,5-6,8,13-14H,1,4,7,12H2,2H3. The highest BCUT2D eigenvalue weighted by atomic mass is 32.2. The Bertz CT molecular complexity index is 497. The van der Waals surface area contributed by atoms with Crippen molar-refractivity contribution in [2.75, 3.05) is 24.6 Å². The topological polar surface area (TPSA) is 84.2 Å². The molecule has 0 atom stereocenters. The van der Waals surface area contributed by atoms with Crippen LogP contribution in [0, 0.1) is 0 Å². The minimum atomic E-state index is -3.43. The van der Waals surface area contributed by atoms with E-state index < -0.39 is 10.0 Å². The lowest BCUT2D eigenvalue weighted by Crippen LogP contribution is -2.19. The summed E-state index contributed by atoms with van der Waals surface area (Å²) >= 11 is 0. The monoisotopic (exact) mass is 255 g/mol. The Balaban J connectivity index is 2.98. The highest BCUT2D eigenvalue weighted by Gasteiger charge is 2.12. The number of nitrogen functional groups attached to an aromatic ring is 1. The Labute approximate surface area is 102 Å². The molecule has 5 nitrogen and oxygen atoms in total. The molecule has 6 heteroatoms. The predicted octanol–water partition coefficient (Wildman–Crippen LogP) is 1.16. The van der Waals surface area contributed by atoms with Crippen LogP contribution in [0.4, 0.5) is 11.4 Å². The van der Waals surface area contributed by atoms with Gasteiger partial charge in [-0.05, 0) is 31.7 Å². The van der Waals surface area contributed by atoms with E-state index in [4.69, 9.17) is 5.73 Å². The van der Waals surface area contributed by atoms with Gasteiger partial charge in [-0.3, -0.25) is 0 Å². The summed E-state index contributed by atoms with van der Waals surface area (Å²) in [6.45, 7) is 4.27. The quantitative estimate of drug-likeness (QED) is 0.404. The van der Waals surface area contributed by atoms with E-state index in [0.29, 0.717) is 17.9 Å². The first kappa shape index (κ1) is 13.5. The maximum atomic E-state index is 11.6. The van der Waals surface area contributed by atoms with Crippen molar-refractivity contribution in [1.82, 2.24) is 4.72 Å². The molecule has 0 saturated carbocycles. The van der Waals surface area contributed by atoms with Crippen LogP contribution in [0.25, 0.3) is 0 Å². The Morgan fingerprint density at radius 2 is 2.18 bits per heavy atom. The van der Waals surface area contributed by atoms with E-state index in [-0.39, 0.29) is 4.90 Å². The van der Waals surface area contributed by atoms with Crippen LogP contribution < -0.4 is 15.8 Å². The summed E-state index contributed by atoms with van der Waals surface area (Å²) in [5.41, 5.74) is 6.88. The number of hydrogen-bond acceptors (Lipinski definition) is 4. The zero-order valence-electron chi connectivity index (χ0n) is 9.73. The molecule has 0 unspecified atom stereocenters. The van der Waals surface area contributed by atoms with E-state index in [1.165, 1.54) is 19.2 Å². The average molecular weight is 255 g/mol. The van der Waals surface area contributed by atoms with Crippen LogP contribution in [0.3, 0.4) is 0 Å². The maximum Gasteiger partial charge on any atom is 0.240 e. The van der Waals surface area contributed by atoms with E-state index in [1.807, 2.05) is 0 Å². The van der Waals surface area contributed by atoms with Crippen LogP contribution in [0.15, 0.2) is 35.7 Å². The van der Waals surface area contributed by atoms with E-state index >= 15 is 0 Å². The third kappa shape index (κ3) is 3.47. The van der Waals surface area contributed by atoms with Crippen molar-refractivity contribution in [3.05, 3.63) is 30.9 Å². The maximum absolute atomic E-state index is 11.6. The first-order valence-corrected chi connectivity index (χ1v) is 6.67. The Morgan fingerprint density at radius 1 is 1.47 bits per heavy atom. The van der Waals surface area contributed by atoms with Gasteiger partial charge in [-0.2, -0.15) is 0 Å². The molecule has 0 aliphatic heterocycles. The summed E-state index contributed by atoms with van der Waals surface area (Å²) in [7, 11) is -2.06. The van der Waals surface area contributed by atoms with Crippen molar-refractivity contribution in [1.29, 1.82) is 0 Å². The van der Waals surface area contributed by atoms with Gasteiger partial charge in [0.2, 0.25) is 10.0 Å². The number of anilines is 2. The van der Waals surface area contributed by atoms with Crippen LogP contribution in [-0.4, -0.2) is 22.0 Å². The molecule has 0 heterocycles. The van der Waals surface area contributed by atoms with Crippen LogP contribution in [0.1, 0.15) is 6.42 Å². The number of nitrogens with one attached hydrogen (secondary N) is 2. The Hall–Kier alpha value is -1.53. The Kier molecular flexibility index (Phi) is 4.53. The van der Waals surface area contributed by atoms with Gasteiger partial charge in [0.15, 0.2) is 0 Å². The molecule has 0 amide bonds. The molecule has 0 saturated heterocycles. The fourth-order valence-corrected chi connectivity index (χ4v) is 2.04. The number of rotatable bonds is 6. The number of hydrogen-bond donors (Lipinski definition) is 3. The molecule has 1 aromatic carbocycles. The van der Waals surface area contributed by atoms with Crippen molar-refractivity contribution in [3.8, 4) is 0 Å². The van der Waals surface area contributed by atoms with Gasteiger partial charge in [-0.1, -0.05) is 6.08 Å². The SMILES string of the molecule is C=CCCNc1cc(S(=O)(=O)NC)ccc1N. The normalized spacial score (nSPS) is 11.1. The lowest BCUT2D eigenvalue weighted by molar-refractivity contribution is 0.588. The molecule has 0 aliphatic rings. The molecule has 94 valence electrons. The van der Waals surface area contributed by atoms with Crippen molar-refractivity contribution < 1.29 is 8.42 Å². The fourth-order valence-electron chi connectivity index (χ4n) is 1.28. The van der Waals surface area contributed by atoms with Crippen LogP contribution in [-0.2, 0) is 10.0 Å². The van der Waals surface area contributed by atoms with Gasteiger partial charge in [0, 0.05) is 6.54 Å². The molecule has 1 aromatic rings. The molecule has 17 heavy (non-hydrogen) atoms. The van der Waals surface area contributed by atoms with Crippen molar-refractivity contribution in [2.45, 2.75) is 11.3 Å². The smallest absolute Gasteiger partial charge is 0.240 e. The highest BCUT2D eigenvalue weighted by Crippen LogP contribution is 2.22. The molecule has 0 radical (unpaired) electrons. The zero-order chi connectivity index (χ0) is 12.9. The van der Waals surface area contributed by atoms with Crippen LogP contribution in [0.2, 0.25) is 0 Å². The zero-order valence-corrected chi connectivity index (χ0v) is 10.5. The molecule has 4 N–H and O–H groups in total. The first-order valence-electron chi connectivity index (χ1n) is 5.19. The van der Waals surface area contributed by atoms with Crippen LogP contribution >= 0.6 is 0 Å².